The molecule has 14 heavy (non-hydrogen) atoms. The largest absolute Gasteiger partial charge is 0.398 e. The van der Waals surface area contributed by atoms with Crippen LogP contribution in [0.1, 0.15) is 0 Å². The second-order valence-electron chi connectivity index (χ2n) is 2.84. The normalized spacial score (nSPS) is 10.4. The van der Waals surface area contributed by atoms with Gasteiger partial charge >= 0.3 is 0 Å². The third-order valence-electron chi connectivity index (χ3n) is 1.91. The minimum atomic E-state index is 0.298. The summed E-state index contributed by atoms with van der Waals surface area (Å²) in [7, 11) is 0. The molecule has 4 N–H and O–H groups in total. The Balaban J connectivity index is 2.53. The highest BCUT2D eigenvalue weighted by atomic mass is 79.9. The van der Waals surface area contributed by atoms with E-state index < -0.39 is 0 Å². The average molecular weight is 254 g/mol. The second kappa shape index (κ2) is 3.34. The van der Waals surface area contributed by atoms with Gasteiger partial charge in [0.1, 0.15) is 0 Å². The molecule has 0 saturated carbocycles. The highest BCUT2D eigenvalue weighted by molar-refractivity contribution is 9.10. The van der Waals surface area contributed by atoms with Crippen LogP contribution >= 0.6 is 15.9 Å². The molecule has 2 rings (SSSR count). The van der Waals surface area contributed by atoms with E-state index in [9.17, 15) is 0 Å². The monoisotopic (exact) mass is 253 g/mol. The lowest BCUT2D eigenvalue weighted by Gasteiger charge is -2.01. The van der Waals surface area contributed by atoms with Crippen molar-refractivity contribution in [2.24, 2.45) is 0 Å². The molecule has 0 atom stereocenters. The Kier molecular flexibility index (Phi) is 2.17. The lowest BCUT2D eigenvalue weighted by Crippen LogP contribution is -1.89. The molecule has 4 nitrogen and oxygen atoms in total. The van der Waals surface area contributed by atoms with Crippen molar-refractivity contribution >= 4 is 27.5 Å². The number of hydrogen-bond acceptors (Lipinski definition) is 4. The molecule has 0 saturated heterocycles. The van der Waals surface area contributed by atoms with Gasteiger partial charge in [-0.3, -0.25) is 0 Å². The molecule has 0 radical (unpaired) electrons. The molecule has 0 aliphatic carbocycles. The number of halogens is 1. The Morgan fingerprint density at radius 1 is 1.29 bits per heavy atom. The first-order valence-corrected chi connectivity index (χ1v) is 4.73. The van der Waals surface area contributed by atoms with Gasteiger partial charge in [0.15, 0.2) is 0 Å². The molecule has 0 amide bonds. The molecule has 1 heterocycles. The maximum absolute atomic E-state index is 5.74. The fourth-order valence-electron chi connectivity index (χ4n) is 1.18. The first-order valence-electron chi connectivity index (χ1n) is 3.94. The topological polar surface area (TPSA) is 78.1 Å². The zero-order valence-electron chi connectivity index (χ0n) is 7.20. The van der Waals surface area contributed by atoms with Crippen molar-refractivity contribution in [2.45, 2.75) is 0 Å². The maximum Gasteiger partial charge on any atom is 0.229 e. The molecule has 0 unspecified atom stereocenters. The van der Waals surface area contributed by atoms with Crippen molar-refractivity contribution < 1.29 is 4.52 Å². The molecular formula is C9H8BrN3O. The van der Waals surface area contributed by atoms with Crippen molar-refractivity contribution in [1.82, 2.24) is 5.16 Å². The fourth-order valence-corrected chi connectivity index (χ4v) is 1.42. The van der Waals surface area contributed by atoms with E-state index in [-0.39, 0.29) is 0 Å². The van der Waals surface area contributed by atoms with Gasteiger partial charge in [0, 0.05) is 10.2 Å². The molecule has 72 valence electrons. The molecule has 0 fully saturated rings. The van der Waals surface area contributed by atoms with Crippen LogP contribution in [0.15, 0.2) is 33.4 Å². The van der Waals surface area contributed by atoms with Crippen LogP contribution in [0, 0.1) is 0 Å². The highest BCUT2D eigenvalue weighted by Crippen LogP contribution is 2.30. The van der Waals surface area contributed by atoms with Crippen LogP contribution in [0.2, 0.25) is 0 Å². The van der Waals surface area contributed by atoms with Gasteiger partial charge in [0.25, 0.3) is 0 Å². The molecule has 0 aliphatic heterocycles. The minimum Gasteiger partial charge on any atom is -0.398 e. The lowest BCUT2D eigenvalue weighted by atomic mass is 10.1. The van der Waals surface area contributed by atoms with Crippen LogP contribution < -0.4 is 11.5 Å². The Labute approximate surface area is 89.0 Å². The predicted octanol–water partition coefficient (Wildman–Crippen LogP) is 2.27. The molecule has 0 bridgehead atoms. The van der Waals surface area contributed by atoms with Crippen LogP contribution in [0.5, 0.6) is 0 Å². The molecule has 2 aromatic rings. The summed E-state index contributed by atoms with van der Waals surface area (Å²) in [5.74, 6) is 0.298. The van der Waals surface area contributed by atoms with Crippen molar-refractivity contribution in [3.63, 3.8) is 0 Å². The number of nitrogens with zero attached hydrogens (tertiary/aromatic N) is 1. The van der Waals surface area contributed by atoms with E-state index in [1.165, 1.54) is 0 Å². The van der Waals surface area contributed by atoms with Gasteiger partial charge in [-0.2, -0.15) is 0 Å². The van der Waals surface area contributed by atoms with Crippen LogP contribution in [0.4, 0.5) is 11.6 Å². The Morgan fingerprint density at radius 2 is 2.07 bits per heavy atom. The van der Waals surface area contributed by atoms with Gasteiger partial charge in [-0.15, -0.1) is 0 Å². The zero-order valence-corrected chi connectivity index (χ0v) is 8.78. The summed E-state index contributed by atoms with van der Waals surface area (Å²) in [6.45, 7) is 0. The molecule has 1 aromatic heterocycles. The van der Waals surface area contributed by atoms with Gasteiger partial charge < -0.3 is 16.0 Å². The van der Waals surface area contributed by atoms with Gasteiger partial charge in [-0.25, -0.2) is 0 Å². The summed E-state index contributed by atoms with van der Waals surface area (Å²) < 4.78 is 5.62. The maximum atomic E-state index is 5.74. The fraction of sp³-hybridized carbons (Fsp3) is 0. The summed E-state index contributed by atoms with van der Waals surface area (Å²) >= 11 is 3.32. The number of nitrogens with two attached hydrogens (primary N) is 2. The lowest BCUT2D eigenvalue weighted by molar-refractivity contribution is 0.436. The van der Waals surface area contributed by atoms with Crippen LogP contribution in [-0.2, 0) is 0 Å². The van der Waals surface area contributed by atoms with Crippen LogP contribution in [0.3, 0.4) is 0 Å². The molecular weight excluding hydrogens is 246 g/mol. The van der Waals surface area contributed by atoms with E-state index in [0.29, 0.717) is 11.6 Å². The number of anilines is 2. The van der Waals surface area contributed by atoms with E-state index in [4.69, 9.17) is 16.0 Å². The number of benzene rings is 1. The third kappa shape index (κ3) is 1.46. The summed E-state index contributed by atoms with van der Waals surface area (Å²) in [6, 6.07) is 5.56. The van der Waals surface area contributed by atoms with Crippen LogP contribution in [0.25, 0.3) is 11.1 Å². The van der Waals surface area contributed by atoms with E-state index in [0.717, 1.165) is 15.6 Å². The van der Waals surface area contributed by atoms with Crippen LogP contribution in [-0.4, -0.2) is 5.16 Å². The van der Waals surface area contributed by atoms with Gasteiger partial charge in [0.05, 0.1) is 11.8 Å². The quantitative estimate of drug-likeness (QED) is 0.765. The number of hydrogen-bond donors (Lipinski definition) is 2. The number of nitrogen functional groups attached to an aromatic ring is 2. The molecule has 0 spiro atoms. The molecule has 0 aliphatic rings. The second-order valence-corrected chi connectivity index (χ2v) is 3.69. The van der Waals surface area contributed by atoms with Gasteiger partial charge in [-0.05, 0) is 33.6 Å². The van der Waals surface area contributed by atoms with Gasteiger partial charge in [0.2, 0.25) is 5.88 Å². The van der Waals surface area contributed by atoms with Crippen molar-refractivity contribution in [3.8, 4) is 11.1 Å². The van der Waals surface area contributed by atoms with Crippen molar-refractivity contribution in [2.75, 3.05) is 11.5 Å². The average Bonchev–Trinajstić information content (AvgIpc) is 2.57. The summed E-state index contributed by atoms with van der Waals surface area (Å²) in [5, 5.41) is 3.60. The predicted molar refractivity (Wildman–Crippen MR) is 58.5 cm³/mol. The Morgan fingerprint density at radius 3 is 2.64 bits per heavy atom. The number of aromatic nitrogens is 1. The third-order valence-corrected chi connectivity index (χ3v) is 2.63. The van der Waals surface area contributed by atoms with Crippen molar-refractivity contribution in [1.29, 1.82) is 0 Å². The zero-order chi connectivity index (χ0) is 10.1. The highest BCUT2D eigenvalue weighted by Gasteiger charge is 2.07. The van der Waals surface area contributed by atoms with Gasteiger partial charge in [-0.1, -0.05) is 11.2 Å². The standard InChI is InChI=1S/C9H8BrN3O/c10-7-2-1-5(3-8(7)11)6-4-13-14-9(6)12/h1-4H,11-12H2. The van der Waals surface area contributed by atoms with E-state index in [2.05, 4.69) is 21.1 Å². The molecule has 1 aromatic carbocycles. The van der Waals surface area contributed by atoms with E-state index in [1.807, 2.05) is 18.2 Å². The molecule has 5 heteroatoms. The minimum absolute atomic E-state index is 0.298. The van der Waals surface area contributed by atoms with E-state index >= 15 is 0 Å². The Bertz CT molecular complexity index is 467. The first-order chi connectivity index (χ1) is 6.68. The first kappa shape index (κ1) is 9.08. The van der Waals surface area contributed by atoms with E-state index in [1.54, 1.807) is 6.20 Å². The summed E-state index contributed by atoms with van der Waals surface area (Å²) in [6.07, 6.45) is 1.57. The number of rotatable bonds is 1. The van der Waals surface area contributed by atoms with Crippen molar-refractivity contribution in [3.05, 3.63) is 28.9 Å². The smallest absolute Gasteiger partial charge is 0.229 e. The SMILES string of the molecule is Nc1cc(-c2cnoc2N)ccc1Br. The summed E-state index contributed by atoms with van der Waals surface area (Å²) in [5.41, 5.74) is 13.6. The summed E-state index contributed by atoms with van der Waals surface area (Å²) in [4.78, 5) is 0. The Hall–Kier alpha value is -1.49.